The molecule has 2 rings (SSSR count). The second kappa shape index (κ2) is 4.66. The fourth-order valence-corrected chi connectivity index (χ4v) is 2.33. The molecule has 1 aromatic rings. The van der Waals surface area contributed by atoms with Gasteiger partial charge in [0.05, 0.1) is 12.1 Å². The van der Waals surface area contributed by atoms with E-state index in [1.165, 1.54) is 0 Å². The lowest BCUT2D eigenvalue weighted by molar-refractivity contribution is -0.176. The molecule has 1 heterocycles. The molecule has 1 aromatic carbocycles. The number of benzene rings is 1. The van der Waals surface area contributed by atoms with Crippen LogP contribution in [0.4, 0.5) is 13.2 Å². The lowest BCUT2D eigenvalue weighted by atomic mass is 9.94. The zero-order chi connectivity index (χ0) is 12.5. The third-order valence-corrected chi connectivity index (χ3v) is 3.14. The quantitative estimate of drug-likeness (QED) is 0.835. The Balaban J connectivity index is 2.09. The van der Waals surface area contributed by atoms with Gasteiger partial charge in [-0.3, -0.25) is 5.32 Å². The Hall–Kier alpha value is -1.07. The van der Waals surface area contributed by atoms with E-state index in [0.29, 0.717) is 6.42 Å². The van der Waals surface area contributed by atoms with Crippen LogP contribution in [-0.4, -0.2) is 18.4 Å². The number of rotatable bonds is 2. The molecule has 0 amide bonds. The maximum absolute atomic E-state index is 12.8. The second-order valence-corrected chi connectivity index (χ2v) is 4.45. The average molecular weight is 244 g/mol. The summed E-state index contributed by atoms with van der Waals surface area (Å²) in [4.78, 5) is 0. The van der Waals surface area contributed by atoms with Crippen LogP contribution >= 0.6 is 0 Å². The molecule has 0 saturated carbocycles. The van der Waals surface area contributed by atoms with Crippen molar-refractivity contribution in [1.29, 1.82) is 0 Å². The summed E-state index contributed by atoms with van der Waals surface area (Å²) in [6.45, 7) is 0. The minimum atomic E-state index is -4.18. The fourth-order valence-electron chi connectivity index (χ4n) is 2.33. The monoisotopic (exact) mass is 244 g/mol. The van der Waals surface area contributed by atoms with E-state index in [9.17, 15) is 13.2 Å². The molecule has 3 atom stereocenters. The number of nitrogens with two attached hydrogens (primary N) is 1. The van der Waals surface area contributed by atoms with Crippen molar-refractivity contribution < 1.29 is 13.2 Å². The predicted molar refractivity (Wildman–Crippen MR) is 59.2 cm³/mol. The van der Waals surface area contributed by atoms with Crippen LogP contribution in [-0.2, 0) is 6.42 Å². The van der Waals surface area contributed by atoms with E-state index in [2.05, 4.69) is 5.32 Å². The summed E-state index contributed by atoms with van der Waals surface area (Å²) in [5.74, 6) is -1.35. The molecule has 5 heteroatoms. The molecule has 17 heavy (non-hydrogen) atoms. The summed E-state index contributed by atoms with van der Waals surface area (Å²) in [5, 5.41) is 2.82. The van der Waals surface area contributed by atoms with Gasteiger partial charge in [0, 0.05) is 6.04 Å². The highest BCUT2D eigenvalue weighted by molar-refractivity contribution is 5.17. The van der Waals surface area contributed by atoms with Crippen LogP contribution in [0.1, 0.15) is 12.0 Å². The zero-order valence-corrected chi connectivity index (χ0v) is 9.24. The van der Waals surface area contributed by atoms with E-state index in [4.69, 9.17) is 5.73 Å². The van der Waals surface area contributed by atoms with Crippen LogP contribution in [0, 0.1) is 5.92 Å². The Morgan fingerprint density at radius 2 is 1.88 bits per heavy atom. The third-order valence-electron chi connectivity index (χ3n) is 3.14. The molecule has 0 radical (unpaired) electrons. The Kier molecular flexibility index (Phi) is 3.40. The maximum Gasteiger partial charge on any atom is 0.393 e. The van der Waals surface area contributed by atoms with Gasteiger partial charge in [-0.05, 0) is 18.4 Å². The smallest absolute Gasteiger partial charge is 0.316 e. The van der Waals surface area contributed by atoms with E-state index in [1.807, 2.05) is 30.3 Å². The molecule has 94 valence electrons. The van der Waals surface area contributed by atoms with Crippen LogP contribution in [0.15, 0.2) is 30.3 Å². The standard InChI is InChI=1S/C12H15F3N2/c13-12(14,15)9-7-11(16)17-10(9)6-8-4-2-1-3-5-8/h1-5,9-11,17H,6-7,16H2/t9-,10?,11-/m0/s1. The third kappa shape index (κ3) is 2.98. The molecule has 2 nitrogen and oxygen atoms in total. The Morgan fingerprint density at radius 3 is 2.47 bits per heavy atom. The van der Waals surface area contributed by atoms with Gasteiger partial charge in [-0.1, -0.05) is 30.3 Å². The van der Waals surface area contributed by atoms with Gasteiger partial charge in [-0.15, -0.1) is 0 Å². The summed E-state index contributed by atoms with van der Waals surface area (Å²) < 4.78 is 38.4. The molecule has 1 unspecified atom stereocenters. The molecule has 0 bridgehead atoms. The van der Waals surface area contributed by atoms with Crippen molar-refractivity contribution in [2.24, 2.45) is 11.7 Å². The van der Waals surface area contributed by atoms with Crippen LogP contribution in [0.25, 0.3) is 0 Å². The van der Waals surface area contributed by atoms with E-state index >= 15 is 0 Å². The topological polar surface area (TPSA) is 38.0 Å². The van der Waals surface area contributed by atoms with Crippen molar-refractivity contribution in [3.63, 3.8) is 0 Å². The summed E-state index contributed by atoms with van der Waals surface area (Å²) in [7, 11) is 0. The van der Waals surface area contributed by atoms with Crippen molar-refractivity contribution in [2.45, 2.75) is 31.2 Å². The normalized spacial score (nSPS) is 29.5. The van der Waals surface area contributed by atoms with Crippen molar-refractivity contribution >= 4 is 0 Å². The van der Waals surface area contributed by atoms with E-state index in [1.54, 1.807) is 0 Å². The highest BCUT2D eigenvalue weighted by atomic mass is 19.4. The van der Waals surface area contributed by atoms with Gasteiger partial charge in [0.25, 0.3) is 0 Å². The van der Waals surface area contributed by atoms with E-state index < -0.39 is 24.3 Å². The van der Waals surface area contributed by atoms with Crippen molar-refractivity contribution in [1.82, 2.24) is 5.32 Å². The lowest BCUT2D eigenvalue weighted by Gasteiger charge is -2.21. The average Bonchev–Trinajstić information content (AvgIpc) is 2.60. The van der Waals surface area contributed by atoms with Crippen molar-refractivity contribution in [3.05, 3.63) is 35.9 Å². The number of hydrogen-bond acceptors (Lipinski definition) is 2. The molecule has 1 saturated heterocycles. The van der Waals surface area contributed by atoms with Crippen molar-refractivity contribution in [3.8, 4) is 0 Å². The van der Waals surface area contributed by atoms with Gasteiger partial charge in [0.15, 0.2) is 0 Å². The number of nitrogens with one attached hydrogen (secondary N) is 1. The molecule has 0 aliphatic carbocycles. The molecule has 1 aliphatic rings. The first kappa shape index (κ1) is 12.4. The van der Waals surface area contributed by atoms with Crippen molar-refractivity contribution in [2.75, 3.05) is 0 Å². The van der Waals surface area contributed by atoms with Gasteiger partial charge in [0.2, 0.25) is 0 Å². The Morgan fingerprint density at radius 1 is 1.24 bits per heavy atom. The Bertz CT molecular complexity index is 364. The minimum absolute atomic E-state index is 0.0407. The van der Waals surface area contributed by atoms with Crippen LogP contribution < -0.4 is 11.1 Å². The van der Waals surface area contributed by atoms with Gasteiger partial charge < -0.3 is 5.73 Å². The van der Waals surface area contributed by atoms with Crippen LogP contribution in [0.5, 0.6) is 0 Å². The number of halogens is 3. The molecular formula is C12H15F3N2. The molecule has 1 aliphatic heterocycles. The fraction of sp³-hybridized carbons (Fsp3) is 0.500. The Labute approximate surface area is 98.0 Å². The minimum Gasteiger partial charge on any atom is -0.316 e. The number of hydrogen-bond donors (Lipinski definition) is 2. The number of alkyl halides is 3. The first-order chi connectivity index (χ1) is 7.97. The van der Waals surface area contributed by atoms with Gasteiger partial charge in [-0.25, -0.2) is 0 Å². The van der Waals surface area contributed by atoms with Gasteiger partial charge in [-0.2, -0.15) is 13.2 Å². The first-order valence-corrected chi connectivity index (χ1v) is 5.59. The van der Waals surface area contributed by atoms with E-state index in [-0.39, 0.29) is 6.42 Å². The molecule has 1 fully saturated rings. The SMILES string of the molecule is N[C@@H]1C[C@H](C(F)(F)F)C(Cc2ccccc2)N1. The molecule has 0 aromatic heterocycles. The largest absolute Gasteiger partial charge is 0.393 e. The first-order valence-electron chi connectivity index (χ1n) is 5.59. The summed E-state index contributed by atoms with van der Waals surface area (Å²) in [6.07, 6.45) is -4.42. The predicted octanol–water partition coefficient (Wildman–Crippen LogP) is 2.05. The zero-order valence-electron chi connectivity index (χ0n) is 9.24. The van der Waals surface area contributed by atoms with E-state index in [0.717, 1.165) is 5.56 Å². The lowest BCUT2D eigenvalue weighted by Crippen LogP contribution is -2.40. The van der Waals surface area contributed by atoms with Gasteiger partial charge >= 0.3 is 6.18 Å². The highest BCUT2D eigenvalue weighted by Gasteiger charge is 2.49. The van der Waals surface area contributed by atoms with Crippen LogP contribution in [0.2, 0.25) is 0 Å². The summed E-state index contributed by atoms with van der Waals surface area (Å²) in [5.41, 5.74) is 6.45. The summed E-state index contributed by atoms with van der Waals surface area (Å²) in [6, 6.07) is 8.54. The maximum atomic E-state index is 12.8. The molecule has 3 N–H and O–H groups in total. The highest BCUT2D eigenvalue weighted by Crippen LogP contribution is 2.36. The molecular weight excluding hydrogens is 229 g/mol. The second-order valence-electron chi connectivity index (χ2n) is 4.45. The van der Waals surface area contributed by atoms with Gasteiger partial charge in [0.1, 0.15) is 0 Å². The molecule has 0 spiro atoms. The van der Waals surface area contributed by atoms with Crippen LogP contribution in [0.3, 0.4) is 0 Å². The summed E-state index contributed by atoms with van der Waals surface area (Å²) >= 11 is 0.